The Morgan fingerprint density at radius 1 is 1.14 bits per heavy atom. The summed E-state index contributed by atoms with van der Waals surface area (Å²) in [5, 5.41) is 14.7. The third kappa shape index (κ3) is 3.49. The zero-order chi connectivity index (χ0) is 19.7. The summed E-state index contributed by atoms with van der Waals surface area (Å²) >= 11 is 18.1. The van der Waals surface area contributed by atoms with Crippen LogP contribution in [0.25, 0.3) is 5.69 Å². The second-order valence-electron chi connectivity index (χ2n) is 6.44. The van der Waals surface area contributed by atoms with Gasteiger partial charge in [-0.2, -0.15) is 0 Å². The van der Waals surface area contributed by atoms with E-state index < -0.39 is 0 Å². The molecule has 4 rings (SSSR count). The highest BCUT2D eigenvalue weighted by Crippen LogP contribution is 2.40. The number of nitrogens with one attached hydrogen (secondary N) is 1. The minimum atomic E-state index is -0.156. The molecular formula is C20H18Cl2N4OS. The van der Waals surface area contributed by atoms with Crippen LogP contribution in [0, 0.1) is 0 Å². The van der Waals surface area contributed by atoms with Gasteiger partial charge in [0, 0.05) is 29.7 Å². The van der Waals surface area contributed by atoms with Crippen LogP contribution in [0.1, 0.15) is 23.5 Å². The molecule has 8 heteroatoms. The highest BCUT2D eigenvalue weighted by atomic mass is 35.5. The molecule has 0 saturated carbocycles. The Hall–Kier alpha value is -2.12. The predicted octanol–water partition coefficient (Wildman–Crippen LogP) is 4.14. The summed E-state index contributed by atoms with van der Waals surface area (Å²) in [4.78, 5) is 6.51. The number of pyridine rings is 1. The summed E-state index contributed by atoms with van der Waals surface area (Å²) in [6.07, 6.45) is 3.72. The van der Waals surface area contributed by atoms with E-state index in [1.165, 1.54) is 0 Å². The molecule has 3 aromatic rings. The van der Waals surface area contributed by atoms with E-state index in [0.29, 0.717) is 21.7 Å². The maximum Gasteiger partial charge on any atom is 0.170 e. The van der Waals surface area contributed by atoms with Crippen LogP contribution < -0.4 is 5.32 Å². The Kier molecular flexibility index (Phi) is 5.55. The molecule has 1 aromatic carbocycles. The molecule has 2 unspecified atom stereocenters. The van der Waals surface area contributed by atoms with Gasteiger partial charge in [-0.1, -0.05) is 29.3 Å². The molecule has 2 atom stereocenters. The zero-order valence-corrected chi connectivity index (χ0v) is 17.1. The highest BCUT2D eigenvalue weighted by Gasteiger charge is 2.41. The predicted molar refractivity (Wildman–Crippen MR) is 115 cm³/mol. The molecule has 28 heavy (non-hydrogen) atoms. The quantitative estimate of drug-likeness (QED) is 0.593. The van der Waals surface area contributed by atoms with E-state index in [0.717, 1.165) is 17.1 Å². The third-order valence-electron chi connectivity index (χ3n) is 4.79. The number of aliphatic hydroxyl groups is 1. The average Bonchev–Trinajstić information content (AvgIpc) is 3.28. The number of hydrogen-bond acceptors (Lipinski definition) is 3. The van der Waals surface area contributed by atoms with Crippen molar-refractivity contribution < 1.29 is 5.11 Å². The first kappa shape index (κ1) is 19.2. The second-order valence-corrected chi connectivity index (χ2v) is 7.67. The normalized spacial score (nSPS) is 19.1. The Morgan fingerprint density at radius 3 is 2.71 bits per heavy atom. The van der Waals surface area contributed by atoms with Crippen molar-refractivity contribution in [2.45, 2.75) is 12.1 Å². The van der Waals surface area contributed by atoms with Gasteiger partial charge in [0.25, 0.3) is 0 Å². The SMILES string of the molecule is OCCN1C(=S)NC(c2ccccn2)C1c1cccn1-c1ccc(Cl)cc1Cl. The standard InChI is InChI=1S/C20H18Cl2N4OS/c21-13-6-7-16(14(22)12-13)25-9-3-5-17(25)19-18(15-4-1-2-8-23-15)24-20(28)26(19)10-11-27/h1-9,12,18-19,27H,10-11H2,(H,24,28). The maximum absolute atomic E-state index is 9.59. The van der Waals surface area contributed by atoms with Crippen molar-refractivity contribution in [1.29, 1.82) is 0 Å². The minimum absolute atomic E-state index is 0.00430. The van der Waals surface area contributed by atoms with Crippen molar-refractivity contribution in [3.8, 4) is 5.69 Å². The number of aromatic nitrogens is 2. The molecule has 1 fully saturated rings. The molecule has 3 heterocycles. The number of hydrogen-bond donors (Lipinski definition) is 2. The van der Waals surface area contributed by atoms with Gasteiger partial charge < -0.3 is 19.9 Å². The van der Waals surface area contributed by atoms with Gasteiger partial charge in [-0.15, -0.1) is 0 Å². The van der Waals surface area contributed by atoms with Crippen LogP contribution in [0.5, 0.6) is 0 Å². The van der Waals surface area contributed by atoms with Crippen LogP contribution in [-0.2, 0) is 0 Å². The van der Waals surface area contributed by atoms with Gasteiger partial charge in [0.2, 0.25) is 0 Å². The van der Waals surface area contributed by atoms with Gasteiger partial charge in [0.05, 0.1) is 35.1 Å². The molecule has 0 bridgehead atoms. The van der Waals surface area contributed by atoms with Crippen LogP contribution in [0.3, 0.4) is 0 Å². The third-order valence-corrected chi connectivity index (χ3v) is 5.68. The van der Waals surface area contributed by atoms with E-state index in [9.17, 15) is 5.11 Å². The van der Waals surface area contributed by atoms with E-state index in [1.54, 1.807) is 12.3 Å². The summed E-state index contributed by atoms with van der Waals surface area (Å²) in [6.45, 7) is 0.412. The summed E-state index contributed by atoms with van der Waals surface area (Å²) in [5.74, 6) is 0. The minimum Gasteiger partial charge on any atom is -0.395 e. The molecule has 2 aromatic heterocycles. The number of rotatable bonds is 5. The smallest absolute Gasteiger partial charge is 0.170 e. The van der Waals surface area contributed by atoms with Crippen molar-refractivity contribution in [3.63, 3.8) is 0 Å². The van der Waals surface area contributed by atoms with E-state index in [1.807, 2.05) is 58.1 Å². The fraction of sp³-hybridized carbons (Fsp3) is 0.200. The molecule has 144 valence electrons. The van der Waals surface area contributed by atoms with E-state index >= 15 is 0 Å². The fourth-order valence-electron chi connectivity index (χ4n) is 3.61. The molecule has 1 saturated heterocycles. The van der Waals surface area contributed by atoms with Gasteiger partial charge in [0.15, 0.2) is 5.11 Å². The topological polar surface area (TPSA) is 53.3 Å². The summed E-state index contributed by atoms with van der Waals surface area (Å²) in [6, 6.07) is 14.9. The monoisotopic (exact) mass is 432 g/mol. The number of nitrogens with zero attached hydrogens (tertiary/aromatic N) is 3. The van der Waals surface area contributed by atoms with E-state index in [-0.39, 0.29) is 18.7 Å². The molecule has 0 amide bonds. The highest BCUT2D eigenvalue weighted by molar-refractivity contribution is 7.80. The molecule has 5 nitrogen and oxygen atoms in total. The lowest BCUT2D eigenvalue weighted by Gasteiger charge is -2.28. The molecule has 0 spiro atoms. The van der Waals surface area contributed by atoms with E-state index in [2.05, 4.69) is 10.3 Å². The zero-order valence-electron chi connectivity index (χ0n) is 14.8. The largest absolute Gasteiger partial charge is 0.395 e. The van der Waals surface area contributed by atoms with Gasteiger partial charge in [0.1, 0.15) is 0 Å². The maximum atomic E-state index is 9.59. The Bertz CT molecular complexity index is 995. The Balaban J connectivity index is 1.83. The van der Waals surface area contributed by atoms with Gasteiger partial charge in [-0.05, 0) is 54.7 Å². The first-order valence-electron chi connectivity index (χ1n) is 8.81. The fourth-order valence-corrected chi connectivity index (χ4v) is 4.44. The van der Waals surface area contributed by atoms with Gasteiger partial charge in [-0.3, -0.25) is 4.98 Å². The Morgan fingerprint density at radius 2 is 2.00 bits per heavy atom. The molecular weight excluding hydrogens is 415 g/mol. The Labute approximate surface area is 178 Å². The van der Waals surface area contributed by atoms with E-state index in [4.69, 9.17) is 35.4 Å². The number of halogens is 2. The van der Waals surface area contributed by atoms with Crippen molar-refractivity contribution in [3.05, 3.63) is 82.4 Å². The van der Waals surface area contributed by atoms with Crippen LogP contribution >= 0.6 is 35.4 Å². The van der Waals surface area contributed by atoms with Crippen LogP contribution in [-0.4, -0.2) is 37.8 Å². The van der Waals surface area contributed by atoms with Crippen LogP contribution in [0.15, 0.2) is 60.9 Å². The first-order chi connectivity index (χ1) is 13.6. The number of aliphatic hydroxyl groups excluding tert-OH is 1. The van der Waals surface area contributed by atoms with Gasteiger partial charge >= 0.3 is 0 Å². The van der Waals surface area contributed by atoms with Gasteiger partial charge in [-0.25, -0.2) is 0 Å². The van der Waals surface area contributed by atoms with Crippen molar-refractivity contribution in [1.82, 2.24) is 19.8 Å². The number of β-amino-alcohol motifs (C(OH)–C–C–N with tert-alkyl or cyclic N) is 1. The second kappa shape index (κ2) is 8.09. The number of benzene rings is 1. The summed E-state index contributed by atoms with van der Waals surface area (Å²) in [5.41, 5.74) is 2.69. The lowest BCUT2D eigenvalue weighted by molar-refractivity contribution is 0.220. The molecule has 1 aliphatic rings. The van der Waals surface area contributed by atoms with Crippen molar-refractivity contribution in [2.75, 3.05) is 13.2 Å². The number of thiocarbonyl (C=S) groups is 1. The molecule has 1 aliphatic heterocycles. The van der Waals surface area contributed by atoms with Crippen molar-refractivity contribution in [2.24, 2.45) is 0 Å². The van der Waals surface area contributed by atoms with Crippen LogP contribution in [0.4, 0.5) is 0 Å². The molecule has 0 radical (unpaired) electrons. The first-order valence-corrected chi connectivity index (χ1v) is 9.98. The average molecular weight is 433 g/mol. The van der Waals surface area contributed by atoms with Crippen LogP contribution in [0.2, 0.25) is 10.0 Å². The van der Waals surface area contributed by atoms with Crippen molar-refractivity contribution >= 4 is 40.5 Å². The summed E-state index contributed by atoms with van der Waals surface area (Å²) in [7, 11) is 0. The molecule has 2 N–H and O–H groups in total. The molecule has 0 aliphatic carbocycles. The lowest BCUT2D eigenvalue weighted by Crippen LogP contribution is -2.32. The lowest BCUT2D eigenvalue weighted by atomic mass is 10.0. The summed E-state index contributed by atoms with van der Waals surface area (Å²) < 4.78 is 2.03.